The molecular formula is C16H27N5O2. The van der Waals surface area contributed by atoms with Gasteiger partial charge in [-0.3, -0.25) is 4.79 Å². The average molecular weight is 321 g/mol. The number of aliphatic hydroxyl groups is 1. The number of hydrogen-bond donors (Lipinski definition) is 4. The van der Waals surface area contributed by atoms with Crippen molar-refractivity contribution in [3.05, 3.63) is 11.8 Å². The van der Waals surface area contributed by atoms with Crippen LogP contribution in [0, 0.1) is 0 Å². The molecule has 0 atom stereocenters. The van der Waals surface area contributed by atoms with Gasteiger partial charge in [-0.2, -0.15) is 4.98 Å². The summed E-state index contributed by atoms with van der Waals surface area (Å²) in [6.45, 7) is 6.13. The number of nitrogens with zero attached hydrogens (tertiary/aromatic N) is 2. The summed E-state index contributed by atoms with van der Waals surface area (Å²) in [5, 5.41) is 16.1. The Labute approximate surface area is 137 Å². The highest BCUT2D eigenvalue weighted by atomic mass is 16.3. The van der Waals surface area contributed by atoms with E-state index in [1.807, 2.05) is 13.8 Å². The normalized spacial score (nSPS) is 21.7. The summed E-state index contributed by atoms with van der Waals surface area (Å²) in [5.41, 5.74) is 5.50. The molecule has 0 aliphatic heterocycles. The number of amides is 1. The van der Waals surface area contributed by atoms with E-state index in [-0.39, 0.29) is 23.2 Å². The van der Waals surface area contributed by atoms with Gasteiger partial charge in [0.2, 0.25) is 5.95 Å². The summed E-state index contributed by atoms with van der Waals surface area (Å²) in [4.78, 5) is 20.2. The van der Waals surface area contributed by atoms with Crippen LogP contribution in [-0.4, -0.2) is 38.7 Å². The van der Waals surface area contributed by atoms with Crippen molar-refractivity contribution >= 4 is 17.7 Å². The molecular weight excluding hydrogens is 294 g/mol. The lowest BCUT2D eigenvalue weighted by Gasteiger charge is -2.28. The van der Waals surface area contributed by atoms with Gasteiger partial charge in [0.25, 0.3) is 5.91 Å². The predicted molar refractivity (Wildman–Crippen MR) is 90.4 cm³/mol. The largest absolute Gasteiger partial charge is 0.393 e. The van der Waals surface area contributed by atoms with Crippen LogP contribution in [0.3, 0.4) is 0 Å². The van der Waals surface area contributed by atoms with Gasteiger partial charge >= 0.3 is 0 Å². The molecule has 128 valence electrons. The average Bonchev–Trinajstić information content (AvgIpc) is 2.49. The number of anilines is 2. The monoisotopic (exact) mass is 321 g/mol. The molecule has 1 fully saturated rings. The Hall–Kier alpha value is -1.89. The Morgan fingerprint density at radius 3 is 2.61 bits per heavy atom. The molecule has 0 saturated heterocycles. The predicted octanol–water partition coefficient (Wildman–Crippen LogP) is 1.89. The molecule has 0 unspecified atom stereocenters. The molecule has 0 spiro atoms. The zero-order chi connectivity index (χ0) is 17.0. The minimum absolute atomic E-state index is 0.200. The maximum absolute atomic E-state index is 11.6. The topological polar surface area (TPSA) is 113 Å². The first-order valence-corrected chi connectivity index (χ1v) is 8.20. The number of rotatable bonds is 6. The third-order valence-corrected chi connectivity index (χ3v) is 4.42. The van der Waals surface area contributed by atoms with Gasteiger partial charge in [-0.1, -0.05) is 6.92 Å². The van der Waals surface area contributed by atoms with Crippen LogP contribution < -0.4 is 16.4 Å². The van der Waals surface area contributed by atoms with Crippen LogP contribution in [0.1, 0.15) is 63.2 Å². The van der Waals surface area contributed by atoms with E-state index in [2.05, 4.69) is 27.5 Å². The van der Waals surface area contributed by atoms with Gasteiger partial charge in [0.15, 0.2) is 0 Å². The lowest BCUT2D eigenvalue weighted by atomic mass is 9.93. The van der Waals surface area contributed by atoms with Crippen molar-refractivity contribution in [1.29, 1.82) is 0 Å². The summed E-state index contributed by atoms with van der Waals surface area (Å²) in [5.74, 6) is 0.384. The molecule has 1 aromatic heterocycles. The second kappa shape index (κ2) is 7.12. The highest BCUT2D eigenvalue weighted by Crippen LogP contribution is 2.24. The Morgan fingerprint density at radius 2 is 2.04 bits per heavy atom. The van der Waals surface area contributed by atoms with Crippen LogP contribution in [0.2, 0.25) is 0 Å². The van der Waals surface area contributed by atoms with E-state index in [9.17, 15) is 9.90 Å². The van der Waals surface area contributed by atoms with Crippen molar-refractivity contribution in [1.82, 2.24) is 9.97 Å². The highest BCUT2D eigenvalue weighted by molar-refractivity contribution is 5.97. The van der Waals surface area contributed by atoms with Crippen LogP contribution in [0.5, 0.6) is 0 Å². The Morgan fingerprint density at radius 1 is 1.39 bits per heavy atom. The van der Waals surface area contributed by atoms with Crippen LogP contribution in [-0.2, 0) is 0 Å². The van der Waals surface area contributed by atoms with Crippen molar-refractivity contribution in [2.75, 3.05) is 10.6 Å². The van der Waals surface area contributed by atoms with E-state index in [4.69, 9.17) is 5.73 Å². The number of primary amides is 1. The maximum Gasteiger partial charge on any atom is 0.254 e. The standard InChI is InChI=1S/C16H27N5O2/c1-4-16(2,3)21-14-12(13(17)23)9-18-15(20-14)19-10-5-7-11(22)8-6-10/h9-11,22H,4-8H2,1-3H3,(H2,17,23)(H2,18,19,20,21). The molecule has 0 aromatic carbocycles. The van der Waals surface area contributed by atoms with E-state index in [0.29, 0.717) is 11.8 Å². The molecule has 1 aromatic rings. The fourth-order valence-electron chi connectivity index (χ4n) is 2.54. The quantitative estimate of drug-likeness (QED) is 0.636. The molecule has 2 rings (SSSR count). The van der Waals surface area contributed by atoms with E-state index >= 15 is 0 Å². The minimum atomic E-state index is -0.549. The molecule has 0 bridgehead atoms. The van der Waals surface area contributed by atoms with E-state index < -0.39 is 5.91 Å². The lowest BCUT2D eigenvalue weighted by Crippen LogP contribution is -2.33. The summed E-state index contributed by atoms with van der Waals surface area (Å²) in [7, 11) is 0. The molecule has 1 saturated carbocycles. The van der Waals surface area contributed by atoms with Gasteiger partial charge in [0.05, 0.1) is 11.7 Å². The van der Waals surface area contributed by atoms with Crippen LogP contribution in [0.4, 0.5) is 11.8 Å². The number of carbonyl (C=O) groups excluding carboxylic acids is 1. The lowest BCUT2D eigenvalue weighted by molar-refractivity contribution is 0.1000. The zero-order valence-electron chi connectivity index (χ0n) is 14.1. The first-order valence-electron chi connectivity index (χ1n) is 8.20. The van der Waals surface area contributed by atoms with Gasteiger partial charge in [-0.05, 0) is 46.0 Å². The van der Waals surface area contributed by atoms with Crippen LogP contribution in [0.25, 0.3) is 0 Å². The minimum Gasteiger partial charge on any atom is -0.393 e. The molecule has 1 amide bonds. The van der Waals surface area contributed by atoms with E-state index in [0.717, 1.165) is 32.1 Å². The number of nitrogens with two attached hydrogens (primary N) is 1. The maximum atomic E-state index is 11.6. The van der Waals surface area contributed by atoms with Gasteiger partial charge in [0, 0.05) is 17.8 Å². The van der Waals surface area contributed by atoms with Crippen molar-refractivity contribution in [2.24, 2.45) is 5.73 Å². The molecule has 7 nitrogen and oxygen atoms in total. The molecule has 23 heavy (non-hydrogen) atoms. The van der Waals surface area contributed by atoms with Crippen molar-refractivity contribution in [2.45, 2.75) is 70.6 Å². The van der Waals surface area contributed by atoms with Gasteiger partial charge in [-0.15, -0.1) is 0 Å². The van der Waals surface area contributed by atoms with Crippen LogP contribution >= 0.6 is 0 Å². The van der Waals surface area contributed by atoms with Gasteiger partial charge in [-0.25, -0.2) is 4.98 Å². The number of nitrogens with one attached hydrogen (secondary N) is 2. The molecule has 1 aliphatic carbocycles. The fourth-order valence-corrected chi connectivity index (χ4v) is 2.54. The zero-order valence-corrected chi connectivity index (χ0v) is 14.1. The summed E-state index contributed by atoms with van der Waals surface area (Å²) in [6.07, 6.45) is 5.46. The van der Waals surface area contributed by atoms with Crippen molar-refractivity contribution < 1.29 is 9.90 Å². The summed E-state index contributed by atoms with van der Waals surface area (Å²) in [6, 6.07) is 0.241. The van der Waals surface area contributed by atoms with Gasteiger partial charge < -0.3 is 21.5 Å². The number of aliphatic hydroxyl groups excluding tert-OH is 1. The van der Waals surface area contributed by atoms with Gasteiger partial charge in [0.1, 0.15) is 5.82 Å². The summed E-state index contributed by atoms with van der Waals surface area (Å²) < 4.78 is 0. The second-order valence-corrected chi connectivity index (χ2v) is 6.83. The second-order valence-electron chi connectivity index (χ2n) is 6.83. The third kappa shape index (κ3) is 4.79. The Bertz CT molecular complexity index is 553. The molecule has 1 heterocycles. The summed E-state index contributed by atoms with van der Waals surface area (Å²) >= 11 is 0. The molecule has 1 aliphatic rings. The first kappa shape index (κ1) is 17.5. The van der Waals surface area contributed by atoms with E-state index in [1.54, 1.807) is 0 Å². The molecule has 0 radical (unpaired) electrons. The first-order chi connectivity index (χ1) is 10.8. The third-order valence-electron chi connectivity index (χ3n) is 4.42. The molecule has 5 N–H and O–H groups in total. The van der Waals surface area contributed by atoms with E-state index in [1.165, 1.54) is 6.20 Å². The smallest absolute Gasteiger partial charge is 0.254 e. The van der Waals surface area contributed by atoms with Crippen LogP contribution in [0.15, 0.2) is 6.20 Å². The number of carbonyl (C=O) groups is 1. The molecule has 7 heteroatoms. The van der Waals surface area contributed by atoms with Crippen molar-refractivity contribution in [3.63, 3.8) is 0 Å². The van der Waals surface area contributed by atoms with Crippen molar-refractivity contribution in [3.8, 4) is 0 Å². The Kier molecular flexibility index (Phi) is 5.41. The fraction of sp³-hybridized carbons (Fsp3) is 0.688. The SMILES string of the molecule is CCC(C)(C)Nc1nc(NC2CCC(O)CC2)ncc1C(N)=O. The number of hydrogen-bond acceptors (Lipinski definition) is 6. The number of aromatic nitrogens is 2. The highest BCUT2D eigenvalue weighted by Gasteiger charge is 2.22. The Balaban J connectivity index is 2.17.